The molecule has 8 heteroatoms. The van der Waals surface area contributed by atoms with Crippen molar-refractivity contribution in [1.29, 1.82) is 0 Å². The van der Waals surface area contributed by atoms with Crippen molar-refractivity contribution in [2.24, 2.45) is 0 Å². The molecule has 0 aromatic heterocycles. The third-order valence-corrected chi connectivity index (χ3v) is 6.07. The molecule has 0 aliphatic carbocycles. The number of sulfonamides is 1. The van der Waals surface area contributed by atoms with E-state index in [2.05, 4.69) is 16.5 Å². The van der Waals surface area contributed by atoms with Crippen LogP contribution in [0, 0.1) is 0 Å². The molecule has 1 heterocycles. The molecule has 1 unspecified atom stereocenters. The van der Waals surface area contributed by atoms with E-state index in [0.29, 0.717) is 6.54 Å². The highest BCUT2D eigenvalue weighted by Gasteiger charge is 2.27. The molecule has 0 amide bonds. The maximum Gasteiger partial charge on any atom is 0.242 e. The van der Waals surface area contributed by atoms with Gasteiger partial charge in [-0.3, -0.25) is 0 Å². The normalized spacial score (nSPS) is 20.6. The lowest BCUT2D eigenvalue weighted by Gasteiger charge is -2.32. The summed E-state index contributed by atoms with van der Waals surface area (Å²) < 4.78 is 27.6. The number of nitrogens with zero attached hydrogens (tertiary/aromatic N) is 1. The summed E-state index contributed by atoms with van der Waals surface area (Å²) >= 11 is 11.9. The third kappa shape index (κ3) is 3.81. The molecule has 0 saturated carbocycles. The Morgan fingerprint density at radius 2 is 2.14 bits per heavy atom. The second kappa shape index (κ2) is 6.71. The van der Waals surface area contributed by atoms with Crippen LogP contribution < -0.4 is 10.5 Å². The molecule has 0 radical (unpaired) electrons. The van der Waals surface area contributed by atoms with Gasteiger partial charge >= 0.3 is 0 Å². The van der Waals surface area contributed by atoms with Gasteiger partial charge in [-0.05, 0) is 38.1 Å². The Morgan fingerprint density at radius 1 is 1.43 bits per heavy atom. The smallest absolute Gasteiger partial charge is 0.242 e. The first kappa shape index (κ1) is 16.8. The van der Waals surface area contributed by atoms with E-state index >= 15 is 0 Å². The van der Waals surface area contributed by atoms with Crippen LogP contribution in [0.25, 0.3) is 0 Å². The standard InChI is InChI=1S/C13H19Cl2N3O2S/c1-2-18-7-3-4-9(8-18)17-21(19,20)11-6-5-10(14)13(16)12(11)15/h5-6,9,17H,2-4,7-8,16H2,1H3. The summed E-state index contributed by atoms with van der Waals surface area (Å²) in [6.45, 7) is 4.68. The molecule has 1 aromatic rings. The predicted molar refractivity (Wildman–Crippen MR) is 86.3 cm³/mol. The second-order valence-electron chi connectivity index (χ2n) is 5.13. The Balaban J connectivity index is 2.21. The van der Waals surface area contributed by atoms with Gasteiger partial charge in [0.1, 0.15) is 4.90 Å². The molecule has 1 fully saturated rings. The molecule has 2 rings (SSSR count). The first-order chi connectivity index (χ1) is 9.85. The Morgan fingerprint density at radius 3 is 2.81 bits per heavy atom. The highest BCUT2D eigenvalue weighted by atomic mass is 35.5. The summed E-state index contributed by atoms with van der Waals surface area (Å²) in [6.07, 6.45) is 1.79. The molecule has 0 spiro atoms. The largest absolute Gasteiger partial charge is 0.396 e. The van der Waals surface area contributed by atoms with Gasteiger partial charge in [0.2, 0.25) is 10.0 Å². The number of halogens is 2. The van der Waals surface area contributed by atoms with Crippen LogP contribution in [0.2, 0.25) is 10.0 Å². The minimum atomic E-state index is -3.71. The lowest BCUT2D eigenvalue weighted by Crippen LogP contribution is -2.47. The van der Waals surface area contributed by atoms with Crippen LogP contribution in [-0.4, -0.2) is 39.0 Å². The fraction of sp³-hybridized carbons (Fsp3) is 0.538. The summed E-state index contributed by atoms with van der Waals surface area (Å²) in [5, 5.41) is 0.215. The van der Waals surface area contributed by atoms with Crippen LogP contribution in [0.3, 0.4) is 0 Å². The number of likely N-dealkylation sites (tertiary alicyclic amines) is 1. The average Bonchev–Trinajstić information content (AvgIpc) is 2.44. The number of rotatable bonds is 4. The van der Waals surface area contributed by atoms with E-state index in [4.69, 9.17) is 28.9 Å². The van der Waals surface area contributed by atoms with E-state index in [0.717, 1.165) is 25.9 Å². The highest BCUT2D eigenvalue weighted by Crippen LogP contribution is 2.33. The fourth-order valence-corrected chi connectivity index (χ4v) is 4.51. The summed E-state index contributed by atoms with van der Waals surface area (Å²) in [6, 6.07) is 2.71. The van der Waals surface area contributed by atoms with Crippen molar-refractivity contribution < 1.29 is 8.42 Å². The number of piperidine rings is 1. The summed E-state index contributed by atoms with van der Waals surface area (Å²) in [7, 11) is -3.71. The minimum absolute atomic E-state index is 0.0281. The lowest BCUT2D eigenvalue weighted by molar-refractivity contribution is 0.211. The summed E-state index contributed by atoms with van der Waals surface area (Å²) in [5.41, 5.74) is 5.78. The molecule has 3 N–H and O–H groups in total. The summed E-state index contributed by atoms with van der Waals surface area (Å²) in [5.74, 6) is 0. The zero-order valence-electron chi connectivity index (χ0n) is 11.8. The number of benzene rings is 1. The summed E-state index contributed by atoms with van der Waals surface area (Å²) in [4.78, 5) is 2.19. The van der Waals surface area contributed by atoms with Gasteiger partial charge in [0, 0.05) is 12.6 Å². The first-order valence-corrected chi connectivity index (χ1v) is 9.07. The van der Waals surface area contributed by atoms with E-state index in [1.807, 2.05) is 0 Å². The van der Waals surface area contributed by atoms with Crippen LogP contribution in [0.5, 0.6) is 0 Å². The quantitative estimate of drug-likeness (QED) is 0.816. The molecular weight excluding hydrogens is 333 g/mol. The van der Waals surface area contributed by atoms with Gasteiger partial charge in [-0.25, -0.2) is 13.1 Å². The van der Waals surface area contributed by atoms with Gasteiger partial charge in [0.05, 0.1) is 15.7 Å². The van der Waals surface area contributed by atoms with Gasteiger partial charge in [0.25, 0.3) is 0 Å². The van der Waals surface area contributed by atoms with E-state index in [1.54, 1.807) is 0 Å². The van der Waals surface area contributed by atoms with Crippen molar-refractivity contribution in [3.8, 4) is 0 Å². The molecule has 1 aliphatic heterocycles. The van der Waals surface area contributed by atoms with Crippen molar-refractivity contribution in [2.45, 2.75) is 30.7 Å². The van der Waals surface area contributed by atoms with Crippen LogP contribution in [0.4, 0.5) is 5.69 Å². The molecule has 1 atom stereocenters. The maximum atomic E-state index is 12.5. The molecule has 1 aliphatic rings. The SMILES string of the molecule is CCN1CCCC(NS(=O)(=O)c2ccc(Cl)c(N)c2Cl)C1. The number of nitrogens with two attached hydrogens (primary N) is 1. The van der Waals surface area contributed by atoms with E-state index < -0.39 is 10.0 Å². The maximum absolute atomic E-state index is 12.5. The third-order valence-electron chi connectivity index (χ3n) is 3.66. The number of hydrogen-bond donors (Lipinski definition) is 2. The fourth-order valence-electron chi connectivity index (χ4n) is 2.48. The Hall–Kier alpha value is -0.530. The van der Waals surface area contributed by atoms with E-state index in [-0.39, 0.29) is 26.7 Å². The average molecular weight is 352 g/mol. The zero-order chi connectivity index (χ0) is 15.6. The van der Waals surface area contributed by atoms with Crippen LogP contribution in [0.15, 0.2) is 17.0 Å². The zero-order valence-corrected chi connectivity index (χ0v) is 14.1. The Labute approximate surface area is 135 Å². The van der Waals surface area contributed by atoms with Gasteiger partial charge in [-0.2, -0.15) is 0 Å². The second-order valence-corrected chi connectivity index (χ2v) is 7.59. The van der Waals surface area contributed by atoms with Crippen molar-refractivity contribution in [3.05, 3.63) is 22.2 Å². The Kier molecular flexibility index (Phi) is 5.38. The topological polar surface area (TPSA) is 75.4 Å². The predicted octanol–water partition coefficient (Wildman–Crippen LogP) is 2.34. The number of anilines is 1. The van der Waals surface area contributed by atoms with Gasteiger partial charge in [-0.15, -0.1) is 0 Å². The van der Waals surface area contributed by atoms with Gasteiger partial charge in [0.15, 0.2) is 0 Å². The number of nitrogen functional groups attached to an aromatic ring is 1. The monoisotopic (exact) mass is 351 g/mol. The van der Waals surface area contributed by atoms with Crippen molar-refractivity contribution in [2.75, 3.05) is 25.4 Å². The van der Waals surface area contributed by atoms with E-state index in [1.165, 1.54) is 12.1 Å². The molecule has 21 heavy (non-hydrogen) atoms. The van der Waals surface area contributed by atoms with Crippen LogP contribution in [-0.2, 0) is 10.0 Å². The van der Waals surface area contributed by atoms with Crippen molar-refractivity contribution in [3.63, 3.8) is 0 Å². The van der Waals surface area contributed by atoms with Crippen molar-refractivity contribution in [1.82, 2.24) is 9.62 Å². The van der Waals surface area contributed by atoms with E-state index in [9.17, 15) is 8.42 Å². The number of likely N-dealkylation sites (N-methyl/N-ethyl adjacent to an activating group) is 1. The number of hydrogen-bond acceptors (Lipinski definition) is 4. The first-order valence-electron chi connectivity index (χ1n) is 6.83. The molecule has 118 valence electrons. The molecule has 0 bridgehead atoms. The molecule has 1 saturated heterocycles. The van der Waals surface area contributed by atoms with Crippen LogP contribution >= 0.6 is 23.2 Å². The molecule has 5 nitrogen and oxygen atoms in total. The number of nitrogens with one attached hydrogen (secondary N) is 1. The van der Waals surface area contributed by atoms with Crippen LogP contribution in [0.1, 0.15) is 19.8 Å². The van der Waals surface area contributed by atoms with Gasteiger partial charge in [-0.1, -0.05) is 30.1 Å². The van der Waals surface area contributed by atoms with Gasteiger partial charge < -0.3 is 10.6 Å². The molecule has 1 aromatic carbocycles. The lowest BCUT2D eigenvalue weighted by atomic mass is 10.1. The molecular formula is C13H19Cl2N3O2S. The van der Waals surface area contributed by atoms with Crippen molar-refractivity contribution >= 4 is 38.9 Å². The highest BCUT2D eigenvalue weighted by molar-refractivity contribution is 7.89. The Bertz CT molecular complexity index is 622. The minimum Gasteiger partial charge on any atom is -0.396 e.